The third-order valence-electron chi connectivity index (χ3n) is 1.61. The van der Waals surface area contributed by atoms with Gasteiger partial charge in [0.1, 0.15) is 0 Å². The number of nitrogens with zero attached hydrogens (tertiary/aromatic N) is 1. The number of nitro groups is 1. The lowest BCUT2D eigenvalue weighted by Gasteiger charge is -1.96. The Bertz CT molecular complexity index is 118. The predicted octanol–water partition coefficient (Wildman–Crippen LogP) is 1.06. The van der Waals surface area contributed by atoms with Gasteiger partial charge in [0.25, 0.3) is 0 Å². The van der Waals surface area contributed by atoms with Gasteiger partial charge in [-0.05, 0) is 12.8 Å². The molecule has 0 aliphatic heterocycles. The molecule has 0 aromatic carbocycles. The van der Waals surface area contributed by atoms with Gasteiger partial charge in [0.05, 0.1) is 0 Å². The molecule has 3 heteroatoms. The highest BCUT2D eigenvalue weighted by Gasteiger charge is 2.42. The first-order valence-corrected chi connectivity index (χ1v) is 2.74. The Morgan fingerprint density at radius 3 is 2.38 bits per heavy atom. The van der Waals surface area contributed by atoms with Gasteiger partial charge < -0.3 is 0 Å². The zero-order chi connectivity index (χ0) is 6.20. The van der Waals surface area contributed by atoms with Crippen LogP contribution in [-0.4, -0.2) is 11.5 Å². The van der Waals surface area contributed by atoms with Crippen molar-refractivity contribution < 1.29 is 4.92 Å². The second-order valence-electron chi connectivity index (χ2n) is 2.80. The van der Waals surface area contributed by atoms with Crippen molar-refractivity contribution in [3.8, 4) is 0 Å². The Balaban J connectivity index is 2.29. The summed E-state index contributed by atoms with van der Waals surface area (Å²) < 4.78 is 0. The largest absolute Gasteiger partial charge is 0.265 e. The van der Waals surface area contributed by atoms with Crippen LogP contribution in [0, 0.1) is 15.5 Å². The van der Waals surface area contributed by atoms with Gasteiger partial charge in [-0.1, -0.05) is 6.92 Å². The van der Waals surface area contributed by atoms with Crippen molar-refractivity contribution in [2.45, 2.75) is 19.8 Å². The average Bonchev–Trinajstić information content (AvgIpc) is 2.17. The SMILES string of the molecule is CC1(C[N+](=O)[O-])CC1. The molecule has 0 aromatic heterocycles. The minimum Gasteiger partial charge on any atom is -0.265 e. The van der Waals surface area contributed by atoms with Crippen LogP contribution in [0.3, 0.4) is 0 Å². The van der Waals surface area contributed by atoms with Crippen LogP contribution in [0.1, 0.15) is 19.8 Å². The molecule has 0 N–H and O–H groups in total. The van der Waals surface area contributed by atoms with Gasteiger partial charge in [-0.25, -0.2) is 0 Å². The smallest absolute Gasteiger partial charge is 0.209 e. The van der Waals surface area contributed by atoms with Gasteiger partial charge in [-0.2, -0.15) is 0 Å². The molecule has 0 radical (unpaired) electrons. The highest BCUT2D eigenvalue weighted by Crippen LogP contribution is 2.44. The molecule has 1 saturated carbocycles. The molecule has 1 aliphatic carbocycles. The first-order chi connectivity index (χ1) is 3.62. The zero-order valence-electron chi connectivity index (χ0n) is 4.89. The summed E-state index contributed by atoms with van der Waals surface area (Å²) in [4.78, 5) is 9.63. The van der Waals surface area contributed by atoms with Gasteiger partial charge in [-0.15, -0.1) is 0 Å². The van der Waals surface area contributed by atoms with E-state index in [1.54, 1.807) is 0 Å². The van der Waals surface area contributed by atoms with Crippen LogP contribution in [-0.2, 0) is 0 Å². The second kappa shape index (κ2) is 1.44. The summed E-state index contributed by atoms with van der Waals surface area (Å²) in [5, 5.41) is 9.86. The first kappa shape index (κ1) is 5.54. The van der Waals surface area contributed by atoms with E-state index in [1.165, 1.54) is 0 Å². The number of hydrogen-bond donors (Lipinski definition) is 0. The molecule has 0 unspecified atom stereocenters. The standard InChI is InChI=1S/C5H9NO2/c1-5(2-3-5)4-6(7)8/h2-4H2,1H3. The fourth-order valence-electron chi connectivity index (χ4n) is 0.683. The van der Waals surface area contributed by atoms with Crippen molar-refractivity contribution in [3.05, 3.63) is 10.1 Å². The van der Waals surface area contributed by atoms with Crippen LogP contribution in [0.5, 0.6) is 0 Å². The van der Waals surface area contributed by atoms with E-state index in [0.717, 1.165) is 12.8 Å². The average molecular weight is 115 g/mol. The molecule has 1 rings (SSSR count). The maximum atomic E-state index is 9.86. The molecule has 0 heterocycles. The number of rotatable bonds is 2. The lowest BCUT2D eigenvalue weighted by atomic mass is 10.1. The molecule has 0 bridgehead atoms. The van der Waals surface area contributed by atoms with E-state index in [2.05, 4.69) is 0 Å². The van der Waals surface area contributed by atoms with Crippen LogP contribution in [0.4, 0.5) is 0 Å². The third kappa shape index (κ3) is 1.18. The minimum atomic E-state index is -0.229. The van der Waals surface area contributed by atoms with E-state index in [4.69, 9.17) is 0 Å². The molecule has 1 aliphatic rings. The highest BCUT2D eigenvalue weighted by atomic mass is 16.6. The summed E-state index contributed by atoms with van der Waals surface area (Å²) in [6.07, 6.45) is 2.07. The van der Waals surface area contributed by atoms with Gasteiger partial charge in [0.15, 0.2) is 0 Å². The monoisotopic (exact) mass is 115 g/mol. The van der Waals surface area contributed by atoms with Crippen LogP contribution >= 0.6 is 0 Å². The molecule has 0 saturated heterocycles. The van der Waals surface area contributed by atoms with Gasteiger partial charge >= 0.3 is 0 Å². The lowest BCUT2D eigenvalue weighted by molar-refractivity contribution is -0.490. The summed E-state index contributed by atoms with van der Waals surface area (Å²) in [5.74, 6) is 0. The van der Waals surface area contributed by atoms with E-state index >= 15 is 0 Å². The molecule has 0 atom stereocenters. The molecular weight excluding hydrogens is 106 g/mol. The molecule has 8 heavy (non-hydrogen) atoms. The number of hydrogen-bond acceptors (Lipinski definition) is 2. The quantitative estimate of drug-likeness (QED) is 0.399. The Labute approximate surface area is 47.8 Å². The van der Waals surface area contributed by atoms with Crippen LogP contribution in [0.2, 0.25) is 0 Å². The minimum absolute atomic E-state index is 0.0729. The van der Waals surface area contributed by atoms with Crippen LogP contribution < -0.4 is 0 Å². The first-order valence-electron chi connectivity index (χ1n) is 2.74. The summed E-state index contributed by atoms with van der Waals surface area (Å²) >= 11 is 0. The van der Waals surface area contributed by atoms with Gasteiger partial charge in [0, 0.05) is 10.3 Å². The zero-order valence-corrected chi connectivity index (χ0v) is 4.89. The van der Waals surface area contributed by atoms with Crippen LogP contribution in [0.25, 0.3) is 0 Å². The Hall–Kier alpha value is -0.600. The van der Waals surface area contributed by atoms with E-state index < -0.39 is 0 Å². The second-order valence-corrected chi connectivity index (χ2v) is 2.80. The van der Waals surface area contributed by atoms with Crippen molar-refractivity contribution in [3.63, 3.8) is 0 Å². The fourth-order valence-corrected chi connectivity index (χ4v) is 0.683. The van der Waals surface area contributed by atoms with Crippen molar-refractivity contribution in [1.82, 2.24) is 0 Å². The normalized spacial score (nSPS) is 22.6. The van der Waals surface area contributed by atoms with E-state index in [0.29, 0.717) is 0 Å². The van der Waals surface area contributed by atoms with Crippen molar-refractivity contribution in [2.24, 2.45) is 5.41 Å². The molecule has 0 spiro atoms. The summed E-state index contributed by atoms with van der Waals surface area (Å²) in [7, 11) is 0. The molecule has 1 fully saturated rings. The molecule has 0 aromatic rings. The highest BCUT2D eigenvalue weighted by molar-refractivity contribution is 4.87. The maximum absolute atomic E-state index is 9.86. The maximum Gasteiger partial charge on any atom is 0.209 e. The van der Waals surface area contributed by atoms with Crippen molar-refractivity contribution in [2.75, 3.05) is 6.54 Å². The van der Waals surface area contributed by atoms with E-state index in [9.17, 15) is 10.1 Å². The topological polar surface area (TPSA) is 43.1 Å². The van der Waals surface area contributed by atoms with Crippen molar-refractivity contribution in [1.29, 1.82) is 0 Å². The lowest BCUT2D eigenvalue weighted by Crippen LogP contribution is -2.10. The molecule has 46 valence electrons. The Kier molecular flexibility index (Phi) is 0.994. The molecule has 0 amide bonds. The van der Waals surface area contributed by atoms with E-state index in [1.807, 2.05) is 6.92 Å². The Morgan fingerprint density at radius 1 is 1.75 bits per heavy atom. The van der Waals surface area contributed by atoms with Gasteiger partial charge in [-0.3, -0.25) is 10.1 Å². The Morgan fingerprint density at radius 2 is 2.25 bits per heavy atom. The van der Waals surface area contributed by atoms with Crippen LogP contribution in [0.15, 0.2) is 0 Å². The third-order valence-corrected chi connectivity index (χ3v) is 1.61. The summed E-state index contributed by atoms with van der Waals surface area (Å²) in [6.45, 7) is 2.11. The van der Waals surface area contributed by atoms with E-state index in [-0.39, 0.29) is 16.9 Å². The van der Waals surface area contributed by atoms with Gasteiger partial charge in [0.2, 0.25) is 6.54 Å². The predicted molar refractivity (Wildman–Crippen MR) is 29.2 cm³/mol. The summed E-state index contributed by atoms with van der Waals surface area (Å²) in [6, 6.07) is 0. The summed E-state index contributed by atoms with van der Waals surface area (Å²) in [5.41, 5.74) is 0.0729. The fraction of sp³-hybridized carbons (Fsp3) is 1.00. The molecule has 3 nitrogen and oxygen atoms in total. The van der Waals surface area contributed by atoms with Crippen molar-refractivity contribution >= 4 is 0 Å². The molecular formula is C5H9NO2.